The summed E-state index contributed by atoms with van der Waals surface area (Å²) in [5, 5.41) is 3.21. The second-order valence-electron chi connectivity index (χ2n) is 4.59. The average Bonchev–Trinajstić information content (AvgIpc) is 2.45. The normalized spacial score (nSPS) is 12.3. The number of hydrogen-bond acceptors (Lipinski definition) is 5. The van der Waals surface area contributed by atoms with Gasteiger partial charge in [-0.3, -0.25) is 0 Å². The van der Waals surface area contributed by atoms with Crippen LogP contribution in [0.3, 0.4) is 0 Å². The van der Waals surface area contributed by atoms with Gasteiger partial charge in [-0.15, -0.1) is 0 Å². The third-order valence-electron chi connectivity index (χ3n) is 3.29. The van der Waals surface area contributed by atoms with Gasteiger partial charge in [0.1, 0.15) is 5.82 Å². The lowest BCUT2D eigenvalue weighted by Gasteiger charge is -2.23. The SMILES string of the molecule is CCC(C)N(C)CCNc1cc(C(=O)OC)ccn1. The number of nitrogens with zero attached hydrogens (tertiary/aromatic N) is 2. The van der Waals surface area contributed by atoms with Gasteiger partial charge < -0.3 is 15.0 Å². The summed E-state index contributed by atoms with van der Waals surface area (Å²) >= 11 is 0. The maximum absolute atomic E-state index is 11.4. The summed E-state index contributed by atoms with van der Waals surface area (Å²) in [6.07, 6.45) is 2.74. The van der Waals surface area contributed by atoms with Crippen LogP contribution in [-0.2, 0) is 4.74 Å². The van der Waals surface area contributed by atoms with Crippen molar-refractivity contribution in [2.45, 2.75) is 26.3 Å². The molecule has 0 spiro atoms. The molecule has 1 aromatic heterocycles. The second-order valence-corrected chi connectivity index (χ2v) is 4.59. The Balaban J connectivity index is 2.47. The zero-order chi connectivity index (χ0) is 14.3. The number of carbonyl (C=O) groups is 1. The third kappa shape index (κ3) is 4.87. The highest BCUT2D eigenvalue weighted by molar-refractivity contribution is 5.89. The van der Waals surface area contributed by atoms with E-state index in [4.69, 9.17) is 0 Å². The number of anilines is 1. The molecule has 1 N–H and O–H groups in total. The minimum absolute atomic E-state index is 0.345. The van der Waals surface area contributed by atoms with Crippen LogP contribution < -0.4 is 5.32 Å². The second kappa shape index (κ2) is 7.74. The molecule has 1 heterocycles. The first-order valence-corrected chi connectivity index (χ1v) is 6.57. The van der Waals surface area contributed by atoms with Gasteiger partial charge in [-0.25, -0.2) is 9.78 Å². The first-order valence-electron chi connectivity index (χ1n) is 6.57. The van der Waals surface area contributed by atoms with Crippen LogP contribution in [0, 0.1) is 0 Å². The Morgan fingerprint density at radius 1 is 1.58 bits per heavy atom. The van der Waals surface area contributed by atoms with E-state index in [1.165, 1.54) is 7.11 Å². The van der Waals surface area contributed by atoms with E-state index in [-0.39, 0.29) is 5.97 Å². The van der Waals surface area contributed by atoms with Crippen LogP contribution in [0.2, 0.25) is 0 Å². The summed E-state index contributed by atoms with van der Waals surface area (Å²) in [7, 11) is 3.48. The lowest BCUT2D eigenvalue weighted by atomic mass is 10.2. The van der Waals surface area contributed by atoms with Gasteiger partial charge in [0.05, 0.1) is 12.7 Å². The van der Waals surface area contributed by atoms with Gasteiger partial charge in [-0.05, 0) is 32.5 Å². The predicted octanol–water partition coefficient (Wildman–Crippen LogP) is 2.01. The molecular weight excluding hydrogens is 242 g/mol. The number of aromatic nitrogens is 1. The smallest absolute Gasteiger partial charge is 0.338 e. The quantitative estimate of drug-likeness (QED) is 0.764. The molecule has 0 aliphatic rings. The summed E-state index contributed by atoms with van der Waals surface area (Å²) < 4.78 is 4.68. The molecule has 0 fully saturated rings. The molecule has 0 saturated carbocycles. The van der Waals surface area contributed by atoms with Crippen molar-refractivity contribution in [1.82, 2.24) is 9.88 Å². The number of nitrogens with one attached hydrogen (secondary N) is 1. The Morgan fingerprint density at radius 2 is 2.32 bits per heavy atom. The lowest BCUT2D eigenvalue weighted by Crippen LogP contribution is -2.32. The summed E-state index contributed by atoms with van der Waals surface area (Å²) in [5.74, 6) is 0.350. The van der Waals surface area contributed by atoms with Gasteiger partial charge in [-0.1, -0.05) is 6.92 Å². The number of carbonyl (C=O) groups excluding carboxylic acids is 1. The highest BCUT2D eigenvalue weighted by atomic mass is 16.5. The minimum Gasteiger partial charge on any atom is -0.465 e. The topological polar surface area (TPSA) is 54.5 Å². The van der Waals surface area contributed by atoms with Crippen molar-refractivity contribution in [3.05, 3.63) is 23.9 Å². The maximum atomic E-state index is 11.4. The third-order valence-corrected chi connectivity index (χ3v) is 3.29. The van der Waals surface area contributed by atoms with Crippen molar-refractivity contribution >= 4 is 11.8 Å². The van der Waals surface area contributed by atoms with Crippen molar-refractivity contribution < 1.29 is 9.53 Å². The first kappa shape index (κ1) is 15.4. The van der Waals surface area contributed by atoms with Crippen molar-refractivity contribution in [3.8, 4) is 0 Å². The van der Waals surface area contributed by atoms with Gasteiger partial charge in [0.15, 0.2) is 0 Å². The van der Waals surface area contributed by atoms with Gasteiger partial charge in [0.2, 0.25) is 0 Å². The molecule has 1 atom stereocenters. The van der Waals surface area contributed by atoms with E-state index in [0.29, 0.717) is 17.4 Å². The number of likely N-dealkylation sites (N-methyl/N-ethyl adjacent to an activating group) is 1. The fourth-order valence-electron chi connectivity index (χ4n) is 1.66. The molecule has 0 radical (unpaired) electrons. The molecule has 0 aliphatic heterocycles. The van der Waals surface area contributed by atoms with Gasteiger partial charge in [-0.2, -0.15) is 0 Å². The fraction of sp³-hybridized carbons (Fsp3) is 0.571. The van der Waals surface area contributed by atoms with E-state index in [1.807, 2.05) is 0 Å². The zero-order valence-corrected chi connectivity index (χ0v) is 12.1. The Hall–Kier alpha value is -1.62. The van der Waals surface area contributed by atoms with E-state index in [1.54, 1.807) is 18.3 Å². The molecule has 106 valence electrons. The Labute approximate surface area is 115 Å². The molecule has 0 amide bonds. The minimum atomic E-state index is -0.345. The number of ether oxygens (including phenoxy) is 1. The molecule has 1 rings (SSSR count). The van der Waals surface area contributed by atoms with Crippen LogP contribution in [0.4, 0.5) is 5.82 Å². The van der Waals surface area contributed by atoms with E-state index in [9.17, 15) is 4.79 Å². The molecule has 0 saturated heterocycles. The van der Waals surface area contributed by atoms with Gasteiger partial charge in [0, 0.05) is 25.3 Å². The molecule has 19 heavy (non-hydrogen) atoms. The van der Waals surface area contributed by atoms with Crippen molar-refractivity contribution in [3.63, 3.8) is 0 Å². The predicted molar refractivity (Wildman–Crippen MR) is 76.4 cm³/mol. The molecule has 1 aromatic rings. The fourth-order valence-corrected chi connectivity index (χ4v) is 1.66. The number of esters is 1. The van der Waals surface area contributed by atoms with E-state index >= 15 is 0 Å². The van der Waals surface area contributed by atoms with Gasteiger partial charge in [0.25, 0.3) is 0 Å². The van der Waals surface area contributed by atoms with Crippen LogP contribution in [-0.4, -0.2) is 49.1 Å². The van der Waals surface area contributed by atoms with Crippen molar-refractivity contribution in [2.75, 3.05) is 32.6 Å². The first-order chi connectivity index (χ1) is 9.08. The van der Waals surface area contributed by atoms with Crippen molar-refractivity contribution in [2.24, 2.45) is 0 Å². The average molecular weight is 265 g/mol. The summed E-state index contributed by atoms with van der Waals surface area (Å²) in [6, 6.07) is 3.91. The Kier molecular flexibility index (Phi) is 6.29. The summed E-state index contributed by atoms with van der Waals surface area (Å²) in [5.41, 5.74) is 0.510. The van der Waals surface area contributed by atoms with E-state index in [2.05, 4.69) is 40.8 Å². The number of methoxy groups -OCH3 is 1. The summed E-state index contributed by atoms with van der Waals surface area (Å²) in [6.45, 7) is 6.10. The number of hydrogen-bond donors (Lipinski definition) is 1. The zero-order valence-electron chi connectivity index (χ0n) is 12.1. The Bertz CT molecular complexity index is 409. The van der Waals surface area contributed by atoms with Crippen LogP contribution in [0.5, 0.6) is 0 Å². The van der Waals surface area contributed by atoms with Crippen molar-refractivity contribution in [1.29, 1.82) is 0 Å². The highest BCUT2D eigenvalue weighted by Gasteiger charge is 2.08. The number of rotatable bonds is 7. The molecule has 0 aromatic carbocycles. The highest BCUT2D eigenvalue weighted by Crippen LogP contribution is 2.08. The van der Waals surface area contributed by atoms with Crippen LogP contribution in [0.25, 0.3) is 0 Å². The standard InChI is InChI=1S/C14H23N3O2/c1-5-11(2)17(3)9-8-16-13-10-12(6-7-15-13)14(18)19-4/h6-7,10-11H,5,8-9H2,1-4H3,(H,15,16). The Morgan fingerprint density at radius 3 is 2.95 bits per heavy atom. The van der Waals surface area contributed by atoms with E-state index < -0.39 is 0 Å². The molecule has 5 heteroatoms. The monoisotopic (exact) mass is 265 g/mol. The maximum Gasteiger partial charge on any atom is 0.338 e. The summed E-state index contributed by atoms with van der Waals surface area (Å²) in [4.78, 5) is 17.9. The molecule has 1 unspecified atom stereocenters. The van der Waals surface area contributed by atoms with Crippen LogP contribution >= 0.6 is 0 Å². The van der Waals surface area contributed by atoms with Crippen LogP contribution in [0.15, 0.2) is 18.3 Å². The van der Waals surface area contributed by atoms with Crippen LogP contribution in [0.1, 0.15) is 30.6 Å². The molecular formula is C14H23N3O2. The molecule has 5 nitrogen and oxygen atoms in total. The van der Waals surface area contributed by atoms with E-state index in [0.717, 1.165) is 19.5 Å². The molecule has 0 bridgehead atoms. The largest absolute Gasteiger partial charge is 0.465 e. The van der Waals surface area contributed by atoms with Gasteiger partial charge >= 0.3 is 5.97 Å². The molecule has 0 aliphatic carbocycles. The number of pyridine rings is 1. The lowest BCUT2D eigenvalue weighted by molar-refractivity contribution is 0.0600.